The maximum absolute atomic E-state index is 12.6. The number of hydroxylamine groups is 2. The molecular weight excluding hydrogens is 338 g/mol. The van der Waals surface area contributed by atoms with Gasteiger partial charge in [-0.15, -0.1) is 0 Å². The van der Waals surface area contributed by atoms with Gasteiger partial charge in [0.2, 0.25) is 24.2 Å². The van der Waals surface area contributed by atoms with E-state index in [0.717, 1.165) is 25.7 Å². The lowest BCUT2D eigenvalue weighted by Crippen LogP contribution is -2.43. The van der Waals surface area contributed by atoms with Gasteiger partial charge < -0.3 is 4.90 Å². The number of aryl methyl sites for hydroxylation is 1. The fourth-order valence-electron chi connectivity index (χ4n) is 3.08. The highest BCUT2D eigenvalue weighted by atomic mass is 16.5. The molecule has 2 amide bonds. The number of nitrogens with zero attached hydrogens (tertiary/aromatic N) is 5. The Labute approximate surface area is 152 Å². The van der Waals surface area contributed by atoms with Crippen molar-refractivity contribution in [2.75, 3.05) is 31.0 Å². The number of carbonyl (C=O) groups excluding carboxylic acids is 2. The molecule has 1 aromatic rings. The second-order valence-electron chi connectivity index (χ2n) is 6.62. The van der Waals surface area contributed by atoms with Crippen molar-refractivity contribution in [3.63, 3.8) is 0 Å². The van der Waals surface area contributed by atoms with Gasteiger partial charge in [0, 0.05) is 20.5 Å². The number of hydrazine groups is 1. The quantitative estimate of drug-likeness (QED) is 0.330. The number of amides is 2. The van der Waals surface area contributed by atoms with Crippen molar-refractivity contribution >= 4 is 24.2 Å². The molecule has 144 valence electrons. The van der Waals surface area contributed by atoms with Gasteiger partial charge >= 0.3 is 0 Å². The number of nitrogens with one attached hydrogen (secondary N) is 2. The van der Waals surface area contributed by atoms with Crippen LogP contribution in [0.5, 0.6) is 0 Å². The first kappa shape index (κ1) is 19.8. The second-order valence-corrected chi connectivity index (χ2v) is 6.62. The van der Waals surface area contributed by atoms with Crippen molar-refractivity contribution in [3.05, 3.63) is 5.82 Å². The Morgan fingerprint density at radius 2 is 2.00 bits per heavy atom. The zero-order chi connectivity index (χ0) is 19.1. The summed E-state index contributed by atoms with van der Waals surface area (Å²) < 4.78 is 0. The zero-order valence-corrected chi connectivity index (χ0v) is 15.5. The molecule has 1 aromatic heterocycles. The third-order valence-electron chi connectivity index (χ3n) is 4.49. The van der Waals surface area contributed by atoms with Crippen molar-refractivity contribution in [1.82, 2.24) is 25.4 Å². The Morgan fingerprint density at radius 3 is 2.58 bits per heavy atom. The molecular formula is C16H27N7O3. The minimum Gasteiger partial charge on any atom is -0.347 e. The van der Waals surface area contributed by atoms with Gasteiger partial charge in [0.05, 0.1) is 12.5 Å². The number of hydrogen-bond donors (Lipinski definition) is 3. The van der Waals surface area contributed by atoms with Crippen LogP contribution in [0.1, 0.15) is 38.4 Å². The van der Waals surface area contributed by atoms with Crippen molar-refractivity contribution < 1.29 is 14.8 Å². The molecule has 0 aliphatic heterocycles. The fourth-order valence-corrected chi connectivity index (χ4v) is 3.08. The lowest BCUT2D eigenvalue weighted by atomic mass is 9.90. The second kappa shape index (κ2) is 9.27. The Balaban J connectivity index is 2.06. The average molecular weight is 365 g/mol. The fraction of sp³-hybridized carbons (Fsp3) is 0.688. The Kier molecular flexibility index (Phi) is 7.07. The topological polar surface area (TPSA) is 124 Å². The van der Waals surface area contributed by atoms with Crippen LogP contribution in [-0.2, 0) is 16.0 Å². The normalized spacial score (nSPS) is 15.4. The SMILES string of the molecule is CCc1nc(NNC(=O)[C@@H](CN(O)C=O)C2CCCC2)nc(N(C)C)n1. The number of carbonyl (C=O) groups is 2. The van der Waals surface area contributed by atoms with Crippen molar-refractivity contribution in [2.45, 2.75) is 39.0 Å². The van der Waals surface area contributed by atoms with Crippen LogP contribution in [0.4, 0.5) is 11.9 Å². The molecule has 0 unspecified atom stereocenters. The first-order valence-electron chi connectivity index (χ1n) is 8.83. The molecule has 0 aromatic carbocycles. The third-order valence-corrected chi connectivity index (χ3v) is 4.49. The molecule has 1 aliphatic rings. The molecule has 26 heavy (non-hydrogen) atoms. The van der Waals surface area contributed by atoms with E-state index in [4.69, 9.17) is 0 Å². The van der Waals surface area contributed by atoms with E-state index in [9.17, 15) is 14.8 Å². The molecule has 10 heteroatoms. The Bertz CT molecular complexity index is 620. The van der Waals surface area contributed by atoms with E-state index in [-0.39, 0.29) is 24.3 Å². The van der Waals surface area contributed by atoms with E-state index in [2.05, 4.69) is 25.8 Å². The average Bonchev–Trinajstić information content (AvgIpc) is 3.17. The van der Waals surface area contributed by atoms with Crippen molar-refractivity contribution in [1.29, 1.82) is 0 Å². The summed E-state index contributed by atoms with van der Waals surface area (Å²) >= 11 is 0. The molecule has 1 heterocycles. The van der Waals surface area contributed by atoms with Crippen LogP contribution in [0.25, 0.3) is 0 Å². The van der Waals surface area contributed by atoms with E-state index >= 15 is 0 Å². The van der Waals surface area contributed by atoms with Crippen LogP contribution < -0.4 is 15.8 Å². The van der Waals surface area contributed by atoms with Gasteiger partial charge in [-0.25, -0.2) is 5.06 Å². The number of anilines is 2. The summed E-state index contributed by atoms with van der Waals surface area (Å²) in [4.78, 5) is 37.9. The van der Waals surface area contributed by atoms with E-state index in [1.165, 1.54) is 0 Å². The van der Waals surface area contributed by atoms with E-state index in [1.807, 2.05) is 21.0 Å². The van der Waals surface area contributed by atoms with Crippen LogP contribution in [0.15, 0.2) is 0 Å². The van der Waals surface area contributed by atoms with E-state index in [1.54, 1.807) is 4.90 Å². The van der Waals surface area contributed by atoms with Gasteiger partial charge in [0.15, 0.2) is 0 Å². The predicted molar refractivity (Wildman–Crippen MR) is 95.3 cm³/mol. The molecule has 0 radical (unpaired) electrons. The van der Waals surface area contributed by atoms with Crippen LogP contribution in [0.2, 0.25) is 0 Å². The van der Waals surface area contributed by atoms with Gasteiger partial charge in [-0.2, -0.15) is 15.0 Å². The largest absolute Gasteiger partial charge is 0.347 e. The molecule has 10 nitrogen and oxygen atoms in total. The molecule has 0 spiro atoms. The lowest BCUT2D eigenvalue weighted by molar-refractivity contribution is -0.156. The summed E-state index contributed by atoms with van der Waals surface area (Å²) in [6.45, 7) is 1.89. The molecule has 0 saturated heterocycles. The monoisotopic (exact) mass is 365 g/mol. The molecule has 1 aliphatic carbocycles. The van der Waals surface area contributed by atoms with E-state index in [0.29, 0.717) is 29.7 Å². The smallest absolute Gasteiger partial charge is 0.246 e. The minimum atomic E-state index is -0.499. The summed E-state index contributed by atoms with van der Waals surface area (Å²) in [6.07, 6.45) is 4.85. The van der Waals surface area contributed by atoms with Gasteiger partial charge in [-0.3, -0.25) is 25.6 Å². The highest BCUT2D eigenvalue weighted by molar-refractivity contribution is 5.80. The predicted octanol–water partition coefficient (Wildman–Crippen LogP) is 0.597. The number of rotatable bonds is 9. The first-order valence-corrected chi connectivity index (χ1v) is 8.83. The van der Waals surface area contributed by atoms with Gasteiger partial charge in [0.1, 0.15) is 5.82 Å². The highest BCUT2D eigenvalue weighted by Crippen LogP contribution is 2.31. The summed E-state index contributed by atoms with van der Waals surface area (Å²) in [7, 11) is 3.64. The van der Waals surface area contributed by atoms with E-state index < -0.39 is 5.92 Å². The summed E-state index contributed by atoms with van der Waals surface area (Å²) in [5, 5.41) is 10.0. The standard InChI is InChI=1S/C16H27N7O3/c1-4-13-17-15(19-16(18-13)22(2)3)21-20-14(25)12(9-23(26)10-24)11-7-5-6-8-11/h10-12,26H,4-9H2,1-3H3,(H,20,25)(H,17,18,19,21)/t12-/m0/s1. The molecule has 0 bridgehead atoms. The van der Waals surface area contributed by atoms with Gasteiger partial charge in [-0.1, -0.05) is 19.8 Å². The Hall–Kier alpha value is -2.49. The number of aromatic nitrogens is 3. The first-order chi connectivity index (χ1) is 12.4. The van der Waals surface area contributed by atoms with Crippen molar-refractivity contribution in [2.24, 2.45) is 11.8 Å². The molecule has 3 N–H and O–H groups in total. The summed E-state index contributed by atoms with van der Waals surface area (Å²) in [6, 6.07) is 0. The molecule has 1 fully saturated rings. The number of hydrogen-bond acceptors (Lipinski definition) is 8. The molecule has 2 rings (SSSR count). The lowest BCUT2D eigenvalue weighted by Gasteiger charge is -2.24. The Morgan fingerprint density at radius 1 is 1.31 bits per heavy atom. The van der Waals surface area contributed by atoms with Crippen molar-refractivity contribution in [3.8, 4) is 0 Å². The molecule has 1 saturated carbocycles. The minimum absolute atomic E-state index is 0.0396. The van der Waals surface area contributed by atoms with Crippen LogP contribution >= 0.6 is 0 Å². The van der Waals surface area contributed by atoms with Crippen LogP contribution in [0.3, 0.4) is 0 Å². The maximum Gasteiger partial charge on any atom is 0.246 e. The highest BCUT2D eigenvalue weighted by Gasteiger charge is 2.32. The van der Waals surface area contributed by atoms with Crippen LogP contribution in [-0.4, -0.2) is 58.2 Å². The summed E-state index contributed by atoms with van der Waals surface area (Å²) in [5.74, 6) is 0.672. The third kappa shape index (κ3) is 5.25. The van der Waals surface area contributed by atoms with Gasteiger partial charge in [-0.05, 0) is 18.8 Å². The van der Waals surface area contributed by atoms with Crippen LogP contribution in [0, 0.1) is 11.8 Å². The molecule has 1 atom stereocenters. The zero-order valence-electron chi connectivity index (χ0n) is 15.5. The maximum atomic E-state index is 12.6. The summed E-state index contributed by atoms with van der Waals surface area (Å²) in [5.41, 5.74) is 5.34. The van der Waals surface area contributed by atoms with Gasteiger partial charge in [0.25, 0.3) is 0 Å².